The summed E-state index contributed by atoms with van der Waals surface area (Å²) in [7, 11) is -3.64. The summed E-state index contributed by atoms with van der Waals surface area (Å²) in [6.45, 7) is 4.26. The first kappa shape index (κ1) is 18.6. The normalized spacial score (nSPS) is 11.5. The number of carbonyl (C=O) groups excluding carboxylic acids is 1. The fourth-order valence-corrected chi connectivity index (χ4v) is 4.08. The second-order valence-electron chi connectivity index (χ2n) is 4.93. The monoisotopic (exact) mass is 411 g/mol. The standard InChI is InChI=1S/C17H18BrNO4S/c1-3-19(4-2)24(21,22)14-10-11-16(18)15(12-14)17(20)23-13-8-6-5-7-9-13/h5-12H,3-4H2,1-2H3. The topological polar surface area (TPSA) is 63.7 Å². The van der Waals surface area contributed by atoms with Crippen LogP contribution in [0.1, 0.15) is 24.2 Å². The van der Waals surface area contributed by atoms with E-state index < -0.39 is 16.0 Å². The van der Waals surface area contributed by atoms with Gasteiger partial charge in [0, 0.05) is 17.6 Å². The highest BCUT2D eigenvalue weighted by molar-refractivity contribution is 9.10. The van der Waals surface area contributed by atoms with Gasteiger partial charge in [-0.15, -0.1) is 0 Å². The lowest BCUT2D eigenvalue weighted by molar-refractivity contribution is 0.0733. The first-order valence-electron chi connectivity index (χ1n) is 7.47. The Kier molecular flexibility index (Phi) is 6.15. The summed E-state index contributed by atoms with van der Waals surface area (Å²) in [5.41, 5.74) is 0.159. The summed E-state index contributed by atoms with van der Waals surface area (Å²) >= 11 is 3.27. The fraction of sp³-hybridized carbons (Fsp3) is 0.235. The van der Waals surface area contributed by atoms with Crippen molar-refractivity contribution in [1.29, 1.82) is 0 Å². The van der Waals surface area contributed by atoms with Crippen LogP contribution in [0, 0.1) is 0 Å². The van der Waals surface area contributed by atoms with Crippen molar-refractivity contribution in [3.05, 3.63) is 58.6 Å². The highest BCUT2D eigenvalue weighted by atomic mass is 79.9. The van der Waals surface area contributed by atoms with Crippen LogP contribution < -0.4 is 4.74 Å². The van der Waals surface area contributed by atoms with Crippen LogP contribution in [-0.2, 0) is 10.0 Å². The minimum Gasteiger partial charge on any atom is -0.423 e. The lowest BCUT2D eigenvalue weighted by Gasteiger charge is -2.19. The Morgan fingerprint density at radius 2 is 1.71 bits per heavy atom. The molecule has 2 rings (SSSR count). The van der Waals surface area contributed by atoms with Gasteiger partial charge in [0.25, 0.3) is 0 Å². The Hall–Kier alpha value is -1.70. The predicted molar refractivity (Wildman–Crippen MR) is 95.6 cm³/mol. The molecule has 0 amide bonds. The van der Waals surface area contributed by atoms with Crippen LogP contribution in [-0.4, -0.2) is 31.8 Å². The average molecular weight is 412 g/mol. The van der Waals surface area contributed by atoms with Gasteiger partial charge in [-0.25, -0.2) is 13.2 Å². The summed E-state index contributed by atoms with van der Waals surface area (Å²) in [5, 5.41) is 0. The van der Waals surface area contributed by atoms with Crippen molar-refractivity contribution >= 4 is 31.9 Å². The van der Waals surface area contributed by atoms with E-state index in [4.69, 9.17) is 4.74 Å². The van der Waals surface area contributed by atoms with Crippen LogP contribution in [0.2, 0.25) is 0 Å². The van der Waals surface area contributed by atoms with E-state index in [2.05, 4.69) is 15.9 Å². The number of hydrogen-bond acceptors (Lipinski definition) is 4. The minimum atomic E-state index is -3.64. The summed E-state index contributed by atoms with van der Waals surface area (Å²) in [6.07, 6.45) is 0. The largest absolute Gasteiger partial charge is 0.423 e. The maximum atomic E-state index is 12.6. The maximum absolute atomic E-state index is 12.6. The van der Waals surface area contributed by atoms with Crippen molar-refractivity contribution in [1.82, 2.24) is 4.31 Å². The van der Waals surface area contributed by atoms with E-state index in [9.17, 15) is 13.2 Å². The molecular weight excluding hydrogens is 394 g/mol. The molecule has 0 aliphatic rings. The van der Waals surface area contributed by atoms with Crippen LogP contribution in [0.4, 0.5) is 0 Å². The van der Waals surface area contributed by atoms with E-state index in [0.29, 0.717) is 23.3 Å². The Morgan fingerprint density at radius 3 is 2.29 bits per heavy atom. The van der Waals surface area contributed by atoms with E-state index >= 15 is 0 Å². The van der Waals surface area contributed by atoms with Gasteiger partial charge in [0.2, 0.25) is 10.0 Å². The summed E-state index contributed by atoms with van der Waals surface area (Å²) in [6, 6.07) is 13.0. The molecule has 128 valence electrons. The summed E-state index contributed by atoms with van der Waals surface area (Å²) in [4.78, 5) is 12.4. The Morgan fingerprint density at radius 1 is 1.08 bits per heavy atom. The third-order valence-corrected chi connectivity index (χ3v) is 6.19. The molecule has 0 fully saturated rings. The zero-order valence-electron chi connectivity index (χ0n) is 13.4. The predicted octanol–water partition coefficient (Wildman–Crippen LogP) is 3.70. The van der Waals surface area contributed by atoms with Crippen LogP contribution in [0.25, 0.3) is 0 Å². The fourth-order valence-electron chi connectivity index (χ4n) is 2.18. The van der Waals surface area contributed by atoms with E-state index in [-0.39, 0.29) is 10.5 Å². The van der Waals surface area contributed by atoms with Crippen molar-refractivity contribution in [2.45, 2.75) is 18.7 Å². The minimum absolute atomic E-state index is 0.0643. The van der Waals surface area contributed by atoms with Gasteiger partial charge in [0.1, 0.15) is 5.75 Å². The molecule has 0 heterocycles. The molecule has 5 nitrogen and oxygen atoms in total. The van der Waals surface area contributed by atoms with Gasteiger partial charge >= 0.3 is 5.97 Å². The van der Waals surface area contributed by atoms with Gasteiger partial charge in [-0.1, -0.05) is 32.0 Å². The molecule has 0 radical (unpaired) electrons. The van der Waals surface area contributed by atoms with Crippen LogP contribution in [0.5, 0.6) is 5.75 Å². The number of ether oxygens (including phenoxy) is 1. The molecule has 0 atom stereocenters. The smallest absolute Gasteiger partial charge is 0.344 e. The maximum Gasteiger partial charge on any atom is 0.344 e. The molecule has 0 aliphatic carbocycles. The van der Waals surface area contributed by atoms with Gasteiger partial charge in [0.05, 0.1) is 10.5 Å². The zero-order valence-corrected chi connectivity index (χ0v) is 15.8. The number of carbonyl (C=O) groups is 1. The zero-order chi connectivity index (χ0) is 17.7. The third kappa shape index (κ3) is 4.03. The van der Waals surface area contributed by atoms with E-state index in [1.807, 2.05) is 6.07 Å². The molecule has 2 aromatic rings. The molecule has 7 heteroatoms. The van der Waals surface area contributed by atoms with Crippen LogP contribution in [0.15, 0.2) is 57.9 Å². The Labute approximate surface area is 150 Å². The van der Waals surface area contributed by atoms with Crippen molar-refractivity contribution < 1.29 is 17.9 Å². The lowest BCUT2D eigenvalue weighted by atomic mass is 10.2. The van der Waals surface area contributed by atoms with Gasteiger partial charge < -0.3 is 4.74 Å². The number of sulfonamides is 1. The summed E-state index contributed by atoms with van der Waals surface area (Å²) in [5.74, 6) is -0.226. The van der Waals surface area contributed by atoms with E-state index in [1.54, 1.807) is 38.1 Å². The lowest BCUT2D eigenvalue weighted by Crippen LogP contribution is -2.30. The quantitative estimate of drug-likeness (QED) is 0.536. The second-order valence-corrected chi connectivity index (χ2v) is 7.73. The molecule has 0 spiro atoms. The number of nitrogens with zero attached hydrogens (tertiary/aromatic N) is 1. The SMILES string of the molecule is CCN(CC)S(=O)(=O)c1ccc(Br)c(C(=O)Oc2ccccc2)c1. The number of esters is 1. The first-order valence-corrected chi connectivity index (χ1v) is 9.70. The Balaban J connectivity index is 2.37. The van der Waals surface area contributed by atoms with Gasteiger partial charge in [0.15, 0.2) is 0 Å². The third-order valence-electron chi connectivity index (χ3n) is 3.45. The molecule has 0 unspecified atom stereocenters. The molecule has 2 aromatic carbocycles. The van der Waals surface area contributed by atoms with E-state index in [1.165, 1.54) is 22.5 Å². The van der Waals surface area contributed by atoms with E-state index in [0.717, 1.165) is 0 Å². The molecule has 0 saturated carbocycles. The molecule has 0 saturated heterocycles. The van der Waals surface area contributed by atoms with Crippen LogP contribution >= 0.6 is 15.9 Å². The number of para-hydroxylation sites is 1. The number of halogens is 1. The highest BCUT2D eigenvalue weighted by Crippen LogP contribution is 2.24. The van der Waals surface area contributed by atoms with Crippen molar-refractivity contribution in [3.8, 4) is 5.75 Å². The average Bonchev–Trinajstić information content (AvgIpc) is 2.56. The molecule has 0 aromatic heterocycles. The number of benzene rings is 2. The molecular formula is C17H18BrNO4S. The molecule has 0 bridgehead atoms. The van der Waals surface area contributed by atoms with Crippen molar-refractivity contribution in [2.24, 2.45) is 0 Å². The number of rotatable bonds is 6. The van der Waals surface area contributed by atoms with Crippen molar-refractivity contribution in [2.75, 3.05) is 13.1 Å². The second kappa shape index (κ2) is 7.92. The van der Waals surface area contributed by atoms with Crippen LogP contribution in [0.3, 0.4) is 0 Å². The molecule has 0 N–H and O–H groups in total. The number of hydrogen-bond donors (Lipinski definition) is 0. The summed E-state index contributed by atoms with van der Waals surface area (Å²) < 4.78 is 32.3. The first-order chi connectivity index (χ1) is 11.4. The molecule has 0 aliphatic heterocycles. The Bertz CT molecular complexity index is 818. The van der Waals surface area contributed by atoms with Gasteiger partial charge in [-0.2, -0.15) is 4.31 Å². The molecule has 24 heavy (non-hydrogen) atoms. The van der Waals surface area contributed by atoms with Crippen molar-refractivity contribution in [3.63, 3.8) is 0 Å². The van der Waals surface area contributed by atoms with Gasteiger partial charge in [-0.3, -0.25) is 0 Å². The highest BCUT2D eigenvalue weighted by Gasteiger charge is 2.24. The van der Waals surface area contributed by atoms with Gasteiger partial charge in [-0.05, 0) is 46.3 Å².